The summed E-state index contributed by atoms with van der Waals surface area (Å²) >= 11 is 6.21. The summed E-state index contributed by atoms with van der Waals surface area (Å²) in [7, 11) is 1.70. The second kappa shape index (κ2) is 6.40. The fraction of sp³-hybridized carbons (Fsp3) is 0.375. The molecule has 22 heavy (non-hydrogen) atoms. The first kappa shape index (κ1) is 14.9. The molecule has 2 heterocycles. The molecule has 0 atom stereocenters. The summed E-state index contributed by atoms with van der Waals surface area (Å²) in [5.41, 5.74) is 7.08. The Kier molecular flexibility index (Phi) is 4.34. The van der Waals surface area contributed by atoms with Crippen molar-refractivity contribution in [3.63, 3.8) is 0 Å². The average Bonchev–Trinajstić information content (AvgIpc) is 2.58. The van der Waals surface area contributed by atoms with Gasteiger partial charge in [-0.05, 0) is 36.5 Å². The van der Waals surface area contributed by atoms with E-state index < -0.39 is 0 Å². The third kappa shape index (κ3) is 2.95. The van der Waals surface area contributed by atoms with Crippen LogP contribution in [0.15, 0.2) is 30.6 Å². The summed E-state index contributed by atoms with van der Waals surface area (Å²) in [5, 5.41) is 0.447. The molecule has 1 fully saturated rings. The van der Waals surface area contributed by atoms with Gasteiger partial charge < -0.3 is 15.4 Å². The Morgan fingerprint density at radius 1 is 1.27 bits per heavy atom. The SMILES string of the molecule is COc1cccc(C2CCN(c3ncnc(N)c3Cl)CC2)c1. The smallest absolute Gasteiger partial charge is 0.153 e. The molecular weight excluding hydrogens is 300 g/mol. The molecule has 0 aliphatic carbocycles. The monoisotopic (exact) mass is 318 g/mol. The van der Waals surface area contributed by atoms with Gasteiger partial charge in [-0.2, -0.15) is 0 Å². The van der Waals surface area contributed by atoms with Gasteiger partial charge in [-0.3, -0.25) is 0 Å². The quantitative estimate of drug-likeness (QED) is 0.942. The number of benzene rings is 1. The van der Waals surface area contributed by atoms with Crippen molar-refractivity contribution in [1.29, 1.82) is 0 Å². The zero-order chi connectivity index (χ0) is 15.5. The van der Waals surface area contributed by atoms with E-state index in [1.165, 1.54) is 11.9 Å². The van der Waals surface area contributed by atoms with Gasteiger partial charge in [0.2, 0.25) is 0 Å². The molecule has 0 radical (unpaired) electrons. The van der Waals surface area contributed by atoms with Crippen LogP contribution >= 0.6 is 11.6 Å². The molecule has 1 aromatic carbocycles. The molecule has 6 heteroatoms. The van der Waals surface area contributed by atoms with E-state index >= 15 is 0 Å². The zero-order valence-corrected chi connectivity index (χ0v) is 13.3. The van der Waals surface area contributed by atoms with Gasteiger partial charge in [-0.1, -0.05) is 23.7 Å². The number of ether oxygens (including phenoxy) is 1. The van der Waals surface area contributed by atoms with Crippen molar-refractivity contribution >= 4 is 23.2 Å². The zero-order valence-electron chi connectivity index (χ0n) is 12.5. The molecule has 116 valence electrons. The predicted molar refractivity (Wildman–Crippen MR) is 88.6 cm³/mol. The summed E-state index contributed by atoms with van der Waals surface area (Å²) < 4.78 is 5.31. The van der Waals surface area contributed by atoms with Gasteiger partial charge in [0, 0.05) is 13.1 Å². The van der Waals surface area contributed by atoms with Crippen LogP contribution in [-0.4, -0.2) is 30.2 Å². The van der Waals surface area contributed by atoms with Crippen molar-refractivity contribution in [3.05, 3.63) is 41.2 Å². The topological polar surface area (TPSA) is 64.3 Å². The van der Waals surface area contributed by atoms with Crippen LogP contribution in [0.5, 0.6) is 5.75 Å². The molecule has 5 nitrogen and oxygen atoms in total. The highest BCUT2D eigenvalue weighted by molar-refractivity contribution is 6.35. The maximum Gasteiger partial charge on any atom is 0.153 e. The van der Waals surface area contributed by atoms with Gasteiger partial charge >= 0.3 is 0 Å². The van der Waals surface area contributed by atoms with Crippen LogP contribution in [-0.2, 0) is 0 Å². The summed E-state index contributed by atoms with van der Waals surface area (Å²) in [4.78, 5) is 10.4. The van der Waals surface area contributed by atoms with Gasteiger partial charge in [0.1, 0.15) is 22.9 Å². The van der Waals surface area contributed by atoms with Crippen LogP contribution in [0.2, 0.25) is 5.02 Å². The van der Waals surface area contributed by atoms with Gasteiger partial charge in [-0.15, -0.1) is 0 Å². The van der Waals surface area contributed by atoms with Crippen LogP contribution in [0.1, 0.15) is 24.3 Å². The second-order valence-corrected chi connectivity index (χ2v) is 5.81. The number of rotatable bonds is 3. The van der Waals surface area contributed by atoms with E-state index in [2.05, 4.69) is 27.0 Å². The number of piperidine rings is 1. The lowest BCUT2D eigenvalue weighted by Gasteiger charge is -2.33. The number of nitrogens with two attached hydrogens (primary N) is 1. The summed E-state index contributed by atoms with van der Waals surface area (Å²) in [6.07, 6.45) is 3.56. The Hall–Kier alpha value is -2.01. The first-order valence-corrected chi connectivity index (χ1v) is 7.71. The van der Waals surface area contributed by atoms with Gasteiger partial charge in [0.15, 0.2) is 5.82 Å². The van der Waals surface area contributed by atoms with Crippen molar-refractivity contribution < 1.29 is 4.74 Å². The van der Waals surface area contributed by atoms with Crippen LogP contribution in [0, 0.1) is 0 Å². The summed E-state index contributed by atoms with van der Waals surface area (Å²) in [5.74, 6) is 2.51. The van der Waals surface area contributed by atoms with Crippen LogP contribution in [0.4, 0.5) is 11.6 Å². The van der Waals surface area contributed by atoms with Crippen LogP contribution in [0.3, 0.4) is 0 Å². The minimum absolute atomic E-state index is 0.335. The standard InChI is InChI=1S/C16H19ClN4O/c1-22-13-4-2-3-12(9-13)11-5-7-21(8-6-11)16-14(17)15(18)19-10-20-16/h2-4,9-11H,5-8H2,1H3,(H2,18,19,20). The fourth-order valence-corrected chi connectivity index (χ4v) is 3.13. The molecule has 1 aliphatic rings. The third-order valence-corrected chi connectivity index (χ3v) is 4.52. The third-order valence-electron chi connectivity index (χ3n) is 4.16. The Morgan fingerprint density at radius 2 is 2.05 bits per heavy atom. The maximum atomic E-state index is 6.21. The minimum Gasteiger partial charge on any atom is -0.497 e. The van der Waals surface area contributed by atoms with E-state index in [0.29, 0.717) is 16.8 Å². The number of hydrogen-bond acceptors (Lipinski definition) is 5. The number of methoxy groups -OCH3 is 1. The molecule has 1 aliphatic heterocycles. The minimum atomic E-state index is 0.335. The van der Waals surface area contributed by atoms with E-state index in [1.54, 1.807) is 7.11 Å². The van der Waals surface area contributed by atoms with Crippen LogP contribution < -0.4 is 15.4 Å². The van der Waals surface area contributed by atoms with E-state index in [-0.39, 0.29) is 0 Å². The molecule has 2 N–H and O–H groups in total. The van der Waals surface area contributed by atoms with Crippen molar-refractivity contribution in [2.75, 3.05) is 30.8 Å². The van der Waals surface area contributed by atoms with Gasteiger partial charge in [0.05, 0.1) is 7.11 Å². The number of hydrogen-bond donors (Lipinski definition) is 1. The van der Waals surface area contributed by atoms with Crippen molar-refractivity contribution in [2.24, 2.45) is 0 Å². The first-order chi connectivity index (χ1) is 10.7. The first-order valence-electron chi connectivity index (χ1n) is 7.34. The molecule has 1 saturated heterocycles. The highest BCUT2D eigenvalue weighted by Gasteiger charge is 2.23. The van der Waals surface area contributed by atoms with E-state index in [0.717, 1.165) is 37.5 Å². The molecule has 0 saturated carbocycles. The molecule has 0 amide bonds. The molecular formula is C16H19ClN4O. The number of anilines is 2. The number of halogens is 1. The summed E-state index contributed by atoms with van der Waals surface area (Å²) in [6.45, 7) is 1.80. The number of aromatic nitrogens is 2. The normalized spacial score (nSPS) is 15.8. The lowest BCUT2D eigenvalue weighted by molar-refractivity contribution is 0.412. The lowest BCUT2D eigenvalue weighted by atomic mass is 9.89. The lowest BCUT2D eigenvalue weighted by Crippen LogP contribution is -2.33. The van der Waals surface area contributed by atoms with Crippen LogP contribution in [0.25, 0.3) is 0 Å². The van der Waals surface area contributed by atoms with E-state index in [9.17, 15) is 0 Å². The van der Waals surface area contributed by atoms with E-state index in [1.807, 2.05) is 12.1 Å². The number of nitrogen functional groups attached to an aromatic ring is 1. The van der Waals surface area contributed by atoms with Crippen molar-refractivity contribution in [3.8, 4) is 5.75 Å². The van der Waals surface area contributed by atoms with Crippen molar-refractivity contribution in [1.82, 2.24) is 9.97 Å². The molecule has 1 aromatic heterocycles. The second-order valence-electron chi connectivity index (χ2n) is 5.43. The van der Waals surface area contributed by atoms with Crippen molar-refractivity contribution in [2.45, 2.75) is 18.8 Å². The van der Waals surface area contributed by atoms with Gasteiger partial charge in [0.25, 0.3) is 0 Å². The maximum absolute atomic E-state index is 6.21. The number of nitrogens with zero attached hydrogens (tertiary/aromatic N) is 3. The summed E-state index contributed by atoms with van der Waals surface area (Å²) in [6, 6.07) is 8.30. The van der Waals surface area contributed by atoms with Gasteiger partial charge in [-0.25, -0.2) is 9.97 Å². The molecule has 2 aromatic rings. The highest BCUT2D eigenvalue weighted by Crippen LogP contribution is 2.34. The fourth-order valence-electron chi connectivity index (χ4n) is 2.91. The molecule has 0 bridgehead atoms. The predicted octanol–water partition coefficient (Wildman–Crippen LogP) is 3.10. The largest absolute Gasteiger partial charge is 0.497 e. The molecule has 3 rings (SSSR count). The average molecular weight is 319 g/mol. The highest BCUT2D eigenvalue weighted by atomic mass is 35.5. The van der Waals surface area contributed by atoms with E-state index in [4.69, 9.17) is 22.1 Å². The Labute approximate surface area is 135 Å². The molecule has 0 spiro atoms. The Morgan fingerprint density at radius 3 is 2.77 bits per heavy atom. The Balaban J connectivity index is 1.71. The molecule has 0 unspecified atom stereocenters. The Bertz CT molecular complexity index is 656.